The van der Waals surface area contributed by atoms with Gasteiger partial charge in [0.15, 0.2) is 0 Å². The predicted octanol–water partition coefficient (Wildman–Crippen LogP) is -8.94. The number of phosphoric acid groups is 1. The van der Waals surface area contributed by atoms with Crippen LogP contribution < -0.4 is 73.8 Å². The fourth-order valence-corrected chi connectivity index (χ4v) is 0. The molecular formula is CH3AgNNa2O10P. The van der Waals surface area contributed by atoms with Crippen molar-refractivity contribution in [2.24, 2.45) is 0 Å². The minimum absolute atomic E-state index is 0. The maximum Gasteiger partial charge on any atom is 1.00 e. The monoisotopic (exact) mass is 373 g/mol. The minimum atomic E-state index is -5.39. The first-order valence-corrected chi connectivity index (χ1v) is 3.41. The first kappa shape index (κ1) is 36.0. The summed E-state index contributed by atoms with van der Waals surface area (Å²) in [6, 6.07) is 0. The van der Waals surface area contributed by atoms with Gasteiger partial charge in [-0.1, -0.05) is 0 Å². The summed E-state index contributed by atoms with van der Waals surface area (Å²) in [6.07, 6.45) is -1.83. The van der Waals surface area contributed by atoms with E-state index in [2.05, 4.69) is 0 Å². The Balaban J connectivity index is -0.0000000216. The fraction of sp³-hybridized carbons (Fsp3) is 0. The maximum atomic E-state index is 8.56. The average molecular weight is 374 g/mol. The number of rotatable bonds is 0. The van der Waals surface area contributed by atoms with Crippen molar-refractivity contribution in [3.63, 3.8) is 0 Å². The topological polar surface area (TPSA) is 207 Å². The zero-order valence-electron chi connectivity index (χ0n) is 7.90. The van der Waals surface area contributed by atoms with Crippen molar-refractivity contribution >= 4 is 14.0 Å². The van der Waals surface area contributed by atoms with Crippen LogP contribution in [-0.4, -0.2) is 26.7 Å². The van der Waals surface area contributed by atoms with Crippen LogP contribution in [0, 0.1) is 10.1 Å². The van der Waals surface area contributed by atoms with E-state index in [0.717, 1.165) is 0 Å². The van der Waals surface area contributed by atoms with Gasteiger partial charge in [-0.25, -0.2) is 4.79 Å². The molecule has 0 bridgehead atoms. The summed E-state index contributed by atoms with van der Waals surface area (Å²) >= 11 is 0. The van der Waals surface area contributed by atoms with Crippen molar-refractivity contribution in [2.75, 3.05) is 0 Å². The van der Waals surface area contributed by atoms with Crippen LogP contribution in [0.4, 0.5) is 4.79 Å². The van der Waals surface area contributed by atoms with E-state index in [1.54, 1.807) is 0 Å². The summed E-state index contributed by atoms with van der Waals surface area (Å²) in [5.74, 6) is 0. The molecule has 0 heterocycles. The second-order valence-corrected chi connectivity index (χ2v) is 1.86. The van der Waals surface area contributed by atoms with Crippen molar-refractivity contribution in [3.8, 4) is 0 Å². The molecule has 11 nitrogen and oxygen atoms in total. The van der Waals surface area contributed by atoms with Crippen molar-refractivity contribution in [1.29, 1.82) is 0 Å². The zero-order chi connectivity index (χ0) is 11.7. The SMILES string of the molecule is O=C(O)O.O=P([O-])([O-])[O-].O=[N+]([O-])O.[Ag+].[Na+].[Na+]. The predicted molar refractivity (Wildman–Crippen MR) is 27.0 cm³/mol. The smallest absolute Gasteiger partial charge is 0.822 e. The van der Waals surface area contributed by atoms with Gasteiger partial charge in [0.25, 0.3) is 5.09 Å². The molecule has 0 amide bonds. The van der Waals surface area contributed by atoms with E-state index in [1.807, 2.05) is 0 Å². The summed E-state index contributed by atoms with van der Waals surface area (Å²) in [5.41, 5.74) is 0. The molecule has 0 aromatic carbocycles. The average Bonchev–Trinajstić information content (AvgIpc) is 1.50. The van der Waals surface area contributed by atoms with Crippen LogP contribution in [-0.2, 0) is 26.9 Å². The summed E-state index contributed by atoms with van der Waals surface area (Å²) in [4.78, 5) is 42.6. The summed E-state index contributed by atoms with van der Waals surface area (Å²) in [6.45, 7) is 0. The van der Waals surface area contributed by atoms with Gasteiger partial charge in [0.05, 0.1) is 0 Å². The molecule has 0 atom stereocenters. The van der Waals surface area contributed by atoms with Crippen LogP contribution in [0.1, 0.15) is 0 Å². The van der Waals surface area contributed by atoms with E-state index < -0.39 is 19.1 Å². The molecule has 0 aliphatic heterocycles. The third kappa shape index (κ3) is 1800. The molecular weight excluding hydrogens is 371 g/mol. The van der Waals surface area contributed by atoms with Crippen LogP contribution in [0.15, 0.2) is 0 Å². The third-order valence-corrected chi connectivity index (χ3v) is 0. The third-order valence-electron chi connectivity index (χ3n) is 0. The number of carboxylic acid groups (broad SMARTS) is 2. The van der Waals surface area contributed by atoms with E-state index in [1.165, 1.54) is 0 Å². The Bertz CT molecular complexity index is 177. The molecule has 0 aromatic heterocycles. The zero-order valence-corrected chi connectivity index (χ0v) is 14.3. The largest absolute Gasteiger partial charge is 1.00 e. The van der Waals surface area contributed by atoms with E-state index >= 15 is 0 Å². The Morgan fingerprint density at radius 1 is 1.12 bits per heavy atom. The van der Waals surface area contributed by atoms with E-state index in [9.17, 15) is 0 Å². The van der Waals surface area contributed by atoms with Crippen LogP contribution in [0.25, 0.3) is 0 Å². The van der Waals surface area contributed by atoms with E-state index in [0.29, 0.717) is 0 Å². The van der Waals surface area contributed by atoms with Gasteiger partial charge in [-0.05, 0) is 0 Å². The molecule has 16 heavy (non-hydrogen) atoms. The van der Waals surface area contributed by atoms with Gasteiger partial charge in [0.2, 0.25) is 0 Å². The van der Waals surface area contributed by atoms with Crippen LogP contribution in [0.2, 0.25) is 0 Å². The minimum Gasteiger partial charge on any atom is -0.822 e. The molecule has 0 radical (unpaired) electrons. The Kier molecular flexibility index (Phi) is 48.6. The molecule has 0 rings (SSSR count). The Labute approximate surface area is 148 Å². The number of carbonyl (C=O) groups is 1. The van der Waals surface area contributed by atoms with E-state index in [4.69, 9.17) is 49.6 Å². The van der Waals surface area contributed by atoms with Crippen molar-refractivity contribution in [1.82, 2.24) is 0 Å². The van der Waals surface area contributed by atoms with E-state index in [-0.39, 0.29) is 81.5 Å². The maximum absolute atomic E-state index is 8.56. The van der Waals surface area contributed by atoms with Crippen LogP contribution in [0.3, 0.4) is 0 Å². The molecule has 0 unspecified atom stereocenters. The van der Waals surface area contributed by atoms with Gasteiger partial charge in [-0.3, -0.25) is 0 Å². The molecule has 0 aliphatic carbocycles. The van der Waals surface area contributed by atoms with Crippen LogP contribution >= 0.6 is 7.82 Å². The standard InChI is InChI=1S/CH2O3.Ag.HNO3.2Na.H3O4P/c2-1(3)4;;2-1(3)4;;;1-5(2,3)4/h(H2,2,3,4);;(H,2,3,4);;;(H3,1,2,3,4)/q;+1;;2*+1;/p-3. The fourth-order valence-electron chi connectivity index (χ4n) is 0. The summed E-state index contributed by atoms with van der Waals surface area (Å²) < 4.78 is 8.55. The quantitative estimate of drug-likeness (QED) is 0.158. The van der Waals surface area contributed by atoms with Crippen molar-refractivity contribution < 1.29 is 126 Å². The normalized spacial score (nSPS) is 6.69. The second kappa shape index (κ2) is 21.6. The molecule has 0 spiro atoms. The van der Waals surface area contributed by atoms with Gasteiger partial charge in [0.1, 0.15) is 0 Å². The molecule has 0 fully saturated rings. The second-order valence-electron chi connectivity index (χ2n) is 0.968. The van der Waals surface area contributed by atoms with Gasteiger partial charge in [-0.15, -0.1) is 10.1 Å². The number of hydrogen-bond acceptors (Lipinski definition) is 7. The molecule has 0 aromatic rings. The molecule has 0 saturated heterocycles. The van der Waals surface area contributed by atoms with Gasteiger partial charge < -0.3 is 34.7 Å². The van der Waals surface area contributed by atoms with Crippen molar-refractivity contribution in [3.05, 3.63) is 10.1 Å². The molecule has 0 aliphatic rings. The molecule has 90 valence electrons. The molecule has 0 saturated carbocycles. The summed E-state index contributed by atoms with van der Waals surface area (Å²) in [7, 11) is -5.39. The van der Waals surface area contributed by atoms with Crippen LogP contribution in [0.5, 0.6) is 0 Å². The van der Waals surface area contributed by atoms with Gasteiger partial charge in [-0.2, -0.15) is 7.82 Å². The molecule has 15 heteroatoms. The Morgan fingerprint density at radius 3 is 1.12 bits per heavy atom. The first-order chi connectivity index (χ1) is 5.46. The number of hydrogen-bond donors (Lipinski definition) is 3. The van der Waals surface area contributed by atoms with Crippen molar-refractivity contribution in [2.45, 2.75) is 0 Å². The first-order valence-electron chi connectivity index (χ1n) is 1.95. The van der Waals surface area contributed by atoms with Gasteiger partial charge in [0, 0.05) is 0 Å². The number of nitrogens with zero attached hydrogens (tertiary/aromatic N) is 1. The Morgan fingerprint density at radius 2 is 1.12 bits per heavy atom. The Hall–Kier alpha value is 1.32. The molecule has 3 N–H and O–H groups in total. The van der Waals surface area contributed by atoms with Gasteiger partial charge >= 0.3 is 87.7 Å². The summed E-state index contributed by atoms with van der Waals surface area (Å²) in [5, 5.41) is 27.6.